The molecule has 1 fully saturated rings. The van der Waals surface area contributed by atoms with Crippen LogP contribution in [0.25, 0.3) is 0 Å². The van der Waals surface area contributed by atoms with Gasteiger partial charge in [0.2, 0.25) is 5.91 Å². The summed E-state index contributed by atoms with van der Waals surface area (Å²) in [5, 5.41) is 3.07. The molecule has 2 rings (SSSR count). The van der Waals surface area contributed by atoms with Crippen LogP contribution < -0.4 is 5.32 Å². The van der Waals surface area contributed by atoms with Crippen molar-refractivity contribution < 1.29 is 9.18 Å². The molecule has 1 aliphatic heterocycles. The lowest BCUT2D eigenvalue weighted by molar-refractivity contribution is -0.121. The summed E-state index contributed by atoms with van der Waals surface area (Å²) in [4.78, 5) is 14.7. The van der Waals surface area contributed by atoms with Crippen molar-refractivity contribution in [2.24, 2.45) is 0 Å². The summed E-state index contributed by atoms with van der Waals surface area (Å²) in [5.41, 5.74) is 1.05. The van der Waals surface area contributed by atoms with Crippen LogP contribution in [0.2, 0.25) is 0 Å². The second-order valence-corrected chi connectivity index (χ2v) is 6.64. The van der Waals surface area contributed by atoms with Crippen molar-refractivity contribution in [2.75, 3.05) is 19.6 Å². The van der Waals surface area contributed by atoms with Gasteiger partial charge in [0.25, 0.3) is 0 Å². The fourth-order valence-corrected chi connectivity index (χ4v) is 3.34. The summed E-state index contributed by atoms with van der Waals surface area (Å²) in [5.74, 6) is 0.0365. The molecule has 0 aliphatic carbocycles. The number of nitrogens with one attached hydrogen (secondary N) is 1. The minimum atomic E-state index is -0.229. The van der Waals surface area contributed by atoms with Crippen molar-refractivity contribution in [3.05, 3.63) is 35.6 Å². The minimum Gasteiger partial charge on any atom is -0.355 e. The zero-order valence-electron chi connectivity index (χ0n) is 14.4. The maximum atomic E-state index is 13.1. The third kappa shape index (κ3) is 5.61. The van der Waals surface area contributed by atoms with Crippen LogP contribution in [0.1, 0.15) is 57.4 Å². The molecule has 1 saturated heterocycles. The summed E-state index contributed by atoms with van der Waals surface area (Å²) >= 11 is 0. The number of carbonyl (C=O) groups is 1. The van der Waals surface area contributed by atoms with Crippen molar-refractivity contribution in [2.45, 2.75) is 57.9 Å². The number of hydrogen-bond acceptors (Lipinski definition) is 2. The minimum absolute atomic E-state index is 0.0961. The second kappa shape index (κ2) is 9.02. The summed E-state index contributed by atoms with van der Waals surface area (Å²) in [6.07, 6.45) is 4.97. The number of hydrogen-bond donors (Lipinski definition) is 1. The Morgan fingerprint density at radius 3 is 2.52 bits per heavy atom. The number of halogens is 1. The summed E-state index contributed by atoms with van der Waals surface area (Å²) < 4.78 is 13.1. The van der Waals surface area contributed by atoms with Gasteiger partial charge >= 0.3 is 0 Å². The molecule has 1 N–H and O–H groups in total. The monoisotopic (exact) mass is 320 g/mol. The van der Waals surface area contributed by atoms with Gasteiger partial charge in [0.05, 0.1) is 0 Å². The second-order valence-electron chi connectivity index (χ2n) is 6.64. The van der Waals surface area contributed by atoms with E-state index in [0.29, 0.717) is 19.0 Å². The zero-order chi connectivity index (χ0) is 16.7. The largest absolute Gasteiger partial charge is 0.355 e. The predicted molar refractivity (Wildman–Crippen MR) is 91.9 cm³/mol. The van der Waals surface area contributed by atoms with Crippen LogP contribution in [0.15, 0.2) is 24.3 Å². The fraction of sp³-hybridized carbons (Fsp3) is 0.632. The van der Waals surface area contributed by atoms with Crippen LogP contribution >= 0.6 is 0 Å². The van der Waals surface area contributed by atoms with E-state index >= 15 is 0 Å². The van der Waals surface area contributed by atoms with E-state index in [-0.39, 0.29) is 17.6 Å². The maximum Gasteiger partial charge on any atom is 0.220 e. The van der Waals surface area contributed by atoms with Gasteiger partial charge in [0.15, 0.2) is 0 Å². The van der Waals surface area contributed by atoms with E-state index in [4.69, 9.17) is 0 Å². The quantitative estimate of drug-likeness (QED) is 0.792. The van der Waals surface area contributed by atoms with Crippen molar-refractivity contribution in [3.8, 4) is 0 Å². The van der Waals surface area contributed by atoms with Gasteiger partial charge in [-0.1, -0.05) is 25.5 Å². The van der Waals surface area contributed by atoms with Gasteiger partial charge in [-0.25, -0.2) is 4.39 Å². The molecule has 0 saturated carbocycles. The normalized spacial score (nSPS) is 17.9. The van der Waals surface area contributed by atoms with E-state index in [0.717, 1.165) is 31.5 Å². The Kier molecular flexibility index (Phi) is 7.03. The van der Waals surface area contributed by atoms with Gasteiger partial charge in [-0.2, -0.15) is 0 Å². The molecular weight excluding hydrogens is 291 g/mol. The Balaban J connectivity index is 1.83. The molecule has 2 atom stereocenters. The van der Waals surface area contributed by atoms with Crippen LogP contribution in [0.5, 0.6) is 0 Å². The van der Waals surface area contributed by atoms with Gasteiger partial charge in [-0.15, -0.1) is 0 Å². The van der Waals surface area contributed by atoms with Crippen molar-refractivity contribution in [1.29, 1.82) is 0 Å². The van der Waals surface area contributed by atoms with Gasteiger partial charge in [0.1, 0.15) is 5.82 Å². The highest BCUT2D eigenvalue weighted by molar-refractivity contribution is 5.76. The van der Waals surface area contributed by atoms with E-state index in [1.54, 1.807) is 12.1 Å². The molecule has 23 heavy (non-hydrogen) atoms. The predicted octanol–water partition coefficient (Wildman–Crippen LogP) is 3.70. The lowest BCUT2D eigenvalue weighted by Gasteiger charge is -2.24. The first-order valence-corrected chi connectivity index (χ1v) is 8.86. The molecule has 1 aliphatic rings. The number of likely N-dealkylation sites (tertiary alicyclic amines) is 1. The fourth-order valence-electron chi connectivity index (χ4n) is 3.34. The first kappa shape index (κ1) is 17.9. The maximum absolute atomic E-state index is 13.1. The Morgan fingerprint density at radius 1 is 1.26 bits per heavy atom. The summed E-state index contributed by atoms with van der Waals surface area (Å²) in [7, 11) is 0. The molecule has 2 unspecified atom stereocenters. The Morgan fingerprint density at radius 2 is 1.91 bits per heavy atom. The number of nitrogens with zero attached hydrogens (tertiary/aromatic N) is 1. The Labute approximate surface area is 139 Å². The third-order valence-corrected chi connectivity index (χ3v) is 4.77. The Bertz CT molecular complexity index is 483. The molecular formula is C19H29FN2O. The van der Waals surface area contributed by atoms with Crippen LogP contribution in [-0.2, 0) is 4.79 Å². The van der Waals surface area contributed by atoms with E-state index < -0.39 is 0 Å². The molecule has 1 heterocycles. The third-order valence-electron chi connectivity index (χ3n) is 4.77. The number of rotatable bonds is 8. The standard InChI is InChI=1S/C19H29FN2O/c1-3-6-17(16-7-9-18(20)10-8-16)13-19(23)21-14-15(2)22-11-4-5-12-22/h7-10,15,17H,3-6,11-14H2,1-2H3,(H,21,23). The van der Waals surface area contributed by atoms with Crippen LogP contribution in [0.3, 0.4) is 0 Å². The molecule has 1 aromatic carbocycles. The van der Waals surface area contributed by atoms with Crippen molar-refractivity contribution in [1.82, 2.24) is 10.2 Å². The molecule has 0 spiro atoms. The van der Waals surface area contributed by atoms with Crippen LogP contribution in [0, 0.1) is 5.82 Å². The van der Waals surface area contributed by atoms with Crippen LogP contribution in [-0.4, -0.2) is 36.5 Å². The molecule has 1 amide bonds. The lowest BCUT2D eigenvalue weighted by atomic mass is 9.91. The van der Waals surface area contributed by atoms with Crippen molar-refractivity contribution in [3.63, 3.8) is 0 Å². The summed E-state index contributed by atoms with van der Waals surface area (Å²) in [6, 6.07) is 6.96. The number of carbonyl (C=O) groups excluding carboxylic acids is 1. The molecule has 0 bridgehead atoms. The topological polar surface area (TPSA) is 32.3 Å². The molecule has 3 nitrogen and oxygen atoms in total. The lowest BCUT2D eigenvalue weighted by Crippen LogP contribution is -2.40. The number of amides is 1. The smallest absolute Gasteiger partial charge is 0.220 e. The van der Waals surface area contributed by atoms with Gasteiger partial charge in [0, 0.05) is 19.0 Å². The van der Waals surface area contributed by atoms with Crippen LogP contribution in [0.4, 0.5) is 4.39 Å². The van der Waals surface area contributed by atoms with Gasteiger partial charge in [-0.05, 0) is 62.9 Å². The van der Waals surface area contributed by atoms with E-state index in [9.17, 15) is 9.18 Å². The highest BCUT2D eigenvalue weighted by Crippen LogP contribution is 2.25. The number of benzene rings is 1. The Hall–Kier alpha value is -1.42. The average Bonchev–Trinajstić information content (AvgIpc) is 3.07. The van der Waals surface area contributed by atoms with E-state index in [2.05, 4.69) is 24.1 Å². The molecule has 128 valence electrons. The molecule has 1 aromatic rings. The van der Waals surface area contributed by atoms with E-state index in [1.165, 1.54) is 25.0 Å². The molecule has 0 radical (unpaired) electrons. The first-order chi connectivity index (χ1) is 11.1. The highest BCUT2D eigenvalue weighted by atomic mass is 19.1. The van der Waals surface area contributed by atoms with Gasteiger partial charge in [-0.3, -0.25) is 9.69 Å². The molecule has 0 aromatic heterocycles. The van der Waals surface area contributed by atoms with Crippen molar-refractivity contribution >= 4 is 5.91 Å². The molecule has 4 heteroatoms. The van der Waals surface area contributed by atoms with E-state index in [1.807, 2.05) is 0 Å². The zero-order valence-corrected chi connectivity index (χ0v) is 14.4. The van der Waals surface area contributed by atoms with Gasteiger partial charge < -0.3 is 5.32 Å². The summed E-state index contributed by atoms with van der Waals surface area (Å²) in [6.45, 7) is 7.29. The average molecular weight is 320 g/mol. The highest BCUT2D eigenvalue weighted by Gasteiger charge is 2.20. The first-order valence-electron chi connectivity index (χ1n) is 8.86. The SMILES string of the molecule is CCCC(CC(=O)NCC(C)N1CCCC1)c1ccc(F)cc1.